The van der Waals surface area contributed by atoms with Crippen LogP contribution in [0.1, 0.15) is 37.7 Å². The van der Waals surface area contributed by atoms with Gasteiger partial charge in [-0.15, -0.1) is 0 Å². The molecule has 0 bridgehead atoms. The first-order valence-corrected chi connectivity index (χ1v) is 6.04. The molecule has 1 aliphatic carbocycles. The van der Waals surface area contributed by atoms with Crippen molar-refractivity contribution in [3.05, 3.63) is 23.3 Å². The summed E-state index contributed by atoms with van der Waals surface area (Å²) in [4.78, 5) is 0. The Morgan fingerprint density at radius 2 is 1.83 bits per heavy atom. The van der Waals surface area contributed by atoms with E-state index in [2.05, 4.69) is 0 Å². The fourth-order valence-corrected chi connectivity index (χ4v) is 2.69. The number of nitrogens with two attached hydrogens (primary N) is 1. The van der Waals surface area contributed by atoms with Gasteiger partial charge < -0.3 is 15.6 Å². The lowest BCUT2D eigenvalue weighted by atomic mass is 9.76. The quantitative estimate of drug-likeness (QED) is 0.856. The van der Waals surface area contributed by atoms with Crippen molar-refractivity contribution in [1.82, 2.24) is 0 Å². The molecule has 5 heteroatoms. The SMILES string of the molecule is COc1c(F)cc(F)c(O)c1C1(N)CCCCC1. The van der Waals surface area contributed by atoms with E-state index < -0.39 is 22.9 Å². The minimum atomic E-state index is -1.00. The van der Waals surface area contributed by atoms with E-state index in [1.807, 2.05) is 0 Å². The summed E-state index contributed by atoms with van der Waals surface area (Å²) >= 11 is 0. The van der Waals surface area contributed by atoms with Gasteiger partial charge in [0.2, 0.25) is 0 Å². The fraction of sp³-hybridized carbons (Fsp3) is 0.538. The van der Waals surface area contributed by atoms with Gasteiger partial charge in [-0.1, -0.05) is 19.3 Å². The molecule has 0 atom stereocenters. The van der Waals surface area contributed by atoms with Crippen LogP contribution in [-0.2, 0) is 5.54 Å². The average Bonchev–Trinajstić information content (AvgIpc) is 2.34. The zero-order chi connectivity index (χ0) is 13.3. The molecule has 0 saturated heterocycles. The highest BCUT2D eigenvalue weighted by atomic mass is 19.1. The Morgan fingerprint density at radius 3 is 2.39 bits per heavy atom. The van der Waals surface area contributed by atoms with Gasteiger partial charge in [-0.25, -0.2) is 8.78 Å². The molecule has 3 N–H and O–H groups in total. The number of halogens is 2. The third-order valence-corrected chi connectivity index (χ3v) is 3.61. The topological polar surface area (TPSA) is 55.5 Å². The summed E-state index contributed by atoms with van der Waals surface area (Å²) in [5.41, 5.74) is 5.36. The molecule has 0 radical (unpaired) electrons. The molecule has 1 saturated carbocycles. The summed E-state index contributed by atoms with van der Waals surface area (Å²) < 4.78 is 32.1. The number of phenols is 1. The number of rotatable bonds is 2. The number of hydrogen-bond donors (Lipinski definition) is 2. The summed E-state index contributed by atoms with van der Waals surface area (Å²) in [7, 11) is 1.28. The first-order chi connectivity index (χ1) is 8.49. The van der Waals surface area contributed by atoms with Crippen LogP contribution >= 0.6 is 0 Å². The van der Waals surface area contributed by atoms with Crippen molar-refractivity contribution < 1.29 is 18.6 Å². The summed E-state index contributed by atoms with van der Waals surface area (Å²) in [5, 5.41) is 9.85. The lowest BCUT2D eigenvalue weighted by Crippen LogP contribution is -2.39. The minimum absolute atomic E-state index is 0.0576. The largest absolute Gasteiger partial charge is 0.504 e. The number of aromatic hydroxyl groups is 1. The highest BCUT2D eigenvalue weighted by Crippen LogP contribution is 2.45. The molecule has 1 aromatic rings. The summed E-state index contributed by atoms with van der Waals surface area (Å²) in [6.45, 7) is 0. The Kier molecular flexibility index (Phi) is 3.43. The number of ether oxygens (including phenoxy) is 1. The predicted molar refractivity (Wildman–Crippen MR) is 63.5 cm³/mol. The molecule has 1 aromatic carbocycles. The second kappa shape index (κ2) is 4.72. The van der Waals surface area contributed by atoms with Crippen LogP contribution in [-0.4, -0.2) is 12.2 Å². The van der Waals surface area contributed by atoms with E-state index in [9.17, 15) is 13.9 Å². The molecule has 0 aliphatic heterocycles. The van der Waals surface area contributed by atoms with Crippen molar-refractivity contribution in [1.29, 1.82) is 0 Å². The van der Waals surface area contributed by atoms with Crippen LogP contribution in [0.5, 0.6) is 11.5 Å². The van der Waals surface area contributed by atoms with Crippen LogP contribution in [0.15, 0.2) is 6.07 Å². The molecular formula is C13H17F2NO2. The normalized spacial score (nSPS) is 18.7. The zero-order valence-corrected chi connectivity index (χ0v) is 10.3. The Bertz CT molecular complexity index is 457. The smallest absolute Gasteiger partial charge is 0.168 e. The van der Waals surface area contributed by atoms with Gasteiger partial charge in [-0.05, 0) is 12.8 Å². The third-order valence-electron chi connectivity index (χ3n) is 3.61. The van der Waals surface area contributed by atoms with Gasteiger partial charge in [0.1, 0.15) is 0 Å². The van der Waals surface area contributed by atoms with Gasteiger partial charge >= 0.3 is 0 Å². The van der Waals surface area contributed by atoms with Gasteiger partial charge in [-0.2, -0.15) is 0 Å². The van der Waals surface area contributed by atoms with E-state index in [-0.39, 0.29) is 11.3 Å². The van der Waals surface area contributed by atoms with Crippen LogP contribution in [0.3, 0.4) is 0 Å². The molecule has 2 rings (SSSR count). The van der Waals surface area contributed by atoms with Gasteiger partial charge in [0.05, 0.1) is 12.7 Å². The van der Waals surface area contributed by atoms with Crippen molar-refractivity contribution in [3.8, 4) is 11.5 Å². The lowest BCUT2D eigenvalue weighted by Gasteiger charge is -2.35. The lowest BCUT2D eigenvalue weighted by molar-refractivity contribution is 0.269. The van der Waals surface area contributed by atoms with E-state index in [4.69, 9.17) is 10.5 Å². The zero-order valence-electron chi connectivity index (χ0n) is 10.3. The molecule has 0 spiro atoms. The minimum Gasteiger partial charge on any atom is -0.504 e. The van der Waals surface area contributed by atoms with Gasteiger partial charge in [-0.3, -0.25) is 0 Å². The van der Waals surface area contributed by atoms with Crippen LogP contribution in [0.4, 0.5) is 8.78 Å². The Balaban J connectivity index is 2.60. The van der Waals surface area contributed by atoms with Crippen molar-refractivity contribution in [2.45, 2.75) is 37.6 Å². The second-order valence-electron chi connectivity index (χ2n) is 4.81. The monoisotopic (exact) mass is 257 g/mol. The highest BCUT2D eigenvalue weighted by Gasteiger charge is 2.37. The second-order valence-corrected chi connectivity index (χ2v) is 4.81. The fourth-order valence-electron chi connectivity index (χ4n) is 2.69. The molecule has 0 aromatic heterocycles. The Hall–Kier alpha value is -1.36. The van der Waals surface area contributed by atoms with Crippen LogP contribution in [0.2, 0.25) is 0 Å². The van der Waals surface area contributed by atoms with Crippen molar-refractivity contribution >= 4 is 0 Å². The average molecular weight is 257 g/mol. The van der Waals surface area contributed by atoms with E-state index in [0.29, 0.717) is 18.9 Å². The number of phenolic OH excluding ortho intramolecular Hbond substituents is 1. The predicted octanol–water partition coefficient (Wildman–Crippen LogP) is 2.80. The first-order valence-electron chi connectivity index (χ1n) is 6.04. The van der Waals surface area contributed by atoms with E-state index >= 15 is 0 Å². The molecule has 18 heavy (non-hydrogen) atoms. The van der Waals surface area contributed by atoms with E-state index in [1.165, 1.54) is 7.11 Å². The number of hydrogen-bond acceptors (Lipinski definition) is 3. The molecule has 1 aliphatic rings. The Labute approximate surface area is 105 Å². The maximum atomic E-state index is 13.7. The van der Waals surface area contributed by atoms with Crippen molar-refractivity contribution in [2.24, 2.45) is 5.73 Å². The molecule has 0 unspecified atom stereocenters. The number of methoxy groups -OCH3 is 1. The van der Waals surface area contributed by atoms with Gasteiger partial charge in [0.25, 0.3) is 0 Å². The van der Waals surface area contributed by atoms with E-state index in [0.717, 1.165) is 19.3 Å². The van der Waals surface area contributed by atoms with Crippen LogP contribution < -0.4 is 10.5 Å². The van der Waals surface area contributed by atoms with Crippen LogP contribution in [0.25, 0.3) is 0 Å². The summed E-state index contributed by atoms with van der Waals surface area (Å²) in [5.74, 6) is -2.59. The van der Waals surface area contributed by atoms with Crippen molar-refractivity contribution in [3.63, 3.8) is 0 Å². The van der Waals surface area contributed by atoms with Crippen molar-refractivity contribution in [2.75, 3.05) is 7.11 Å². The summed E-state index contributed by atoms with van der Waals surface area (Å²) in [6, 6.07) is 0.615. The summed E-state index contributed by atoms with van der Waals surface area (Å²) in [6.07, 6.45) is 3.95. The molecule has 3 nitrogen and oxygen atoms in total. The Morgan fingerprint density at radius 1 is 1.22 bits per heavy atom. The molecular weight excluding hydrogens is 240 g/mol. The maximum Gasteiger partial charge on any atom is 0.168 e. The molecule has 0 heterocycles. The van der Waals surface area contributed by atoms with Gasteiger partial charge in [0.15, 0.2) is 23.1 Å². The first kappa shape index (κ1) is 13.1. The standard InChI is InChI=1S/C13H17F2NO2/c1-18-12-9(15)7-8(14)11(17)10(12)13(16)5-3-2-4-6-13/h7,17H,2-6,16H2,1H3. The van der Waals surface area contributed by atoms with Gasteiger partial charge in [0, 0.05) is 11.6 Å². The maximum absolute atomic E-state index is 13.7. The highest BCUT2D eigenvalue weighted by molar-refractivity contribution is 5.50. The third kappa shape index (κ3) is 2.03. The van der Waals surface area contributed by atoms with E-state index in [1.54, 1.807) is 0 Å². The number of benzene rings is 1. The molecule has 100 valence electrons. The van der Waals surface area contributed by atoms with Crippen LogP contribution in [0, 0.1) is 11.6 Å². The molecule has 0 amide bonds. The molecule has 1 fully saturated rings.